The smallest absolute Gasteiger partial charge is 0.260 e. The molecular weight excluding hydrogens is 350 g/mol. The average molecular weight is 370 g/mol. The molecule has 0 saturated carbocycles. The SMILES string of the molecule is C=CCSc1nc2sc3c(c2c(=O)[nH]1)CCN(Cc1ccccc1)C3. The summed E-state index contributed by atoms with van der Waals surface area (Å²) in [7, 11) is 0. The van der Waals surface area contributed by atoms with Crippen molar-refractivity contribution in [1.82, 2.24) is 14.9 Å². The Labute approximate surface area is 154 Å². The van der Waals surface area contributed by atoms with Gasteiger partial charge >= 0.3 is 0 Å². The van der Waals surface area contributed by atoms with Crippen LogP contribution < -0.4 is 5.56 Å². The molecule has 1 aliphatic rings. The topological polar surface area (TPSA) is 49.0 Å². The van der Waals surface area contributed by atoms with Crippen molar-refractivity contribution < 1.29 is 0 Å². The van der Waals surface area contributed by atoms with E-state index in [0.717, 1.165) is 42.0 Å². The van der Waals surface area contributed by atoms with Crippen LogP contribution in [0.2, 0.25) is 0 Å². The van der Waals surface area contributed by atoms with E-state index in [1.165, 1.54) is 27.8 Å². The van der Waals surface area contributed by atoms with Crippen LogP contribution in [0.25, 0.3) is 10.2 Å². The van der Waals surface area contributed by atoms with Crippen molar-refractivity contribution in [3.8, 4) is 0 Å². The second kappa shape index (κ2) is 7.15. The number of rotatable bonds is 5. The Kier molecular flexibility index (Phi) is 4.74. The second-order valence-corrected chi connectivity index (χ2v) is 8.19. The van der Waals surface area contributed by atoms with Gasteiger partial charge in [0, 0.05) is 30.3 Å². The summed E-state index contributed by atoms with van der Waals surface area (Å²) in [6.07, 6.45) is 2.72. The summed E-state index contributed by atoms with van der Waals surface area (Å²) in [6, 6.07) is 10.5. The summed E-state index contributed by atoms with van der Waals surface area (Å²) < 4.78 is 0. The van der Waals surface area contributed by atoms with E-state index < -0.39 is 0 Å². The summed E-state index contributed by atoms with van der Waals surface area (Å²) in [5, 5.41) is 1.47. The van der Waals surface area contributed by atoms with Gasteiger partial charge in [-0.3, -0.25) is 9.69 Å². The molecule has 1 aromatic carbocycles. The predicted octanol–water partition coefficient (Wildman–Crippen LogP) is 3.82. The minimum absolute atomic E-state index is 0.00873. The largest absolute Gasteiger partial charge is 0.301 e. The minimum Gasteiger partial charge on any atom is -0.301 e. The van der Waals surface area contributed by atoms with E-state index in [1.807, 2.05) is 12.1 Å². The number of nitrogens with one attached hydrogen (secondary N) is 1. The Morgan fingerprint density at radius 3 is 3.00 bits per heavy atom. The van der Waals surface area contributed by atoms with Gasteiger partial charge < -0.3 is 4.98 Å². The molecule has 2 aromatic heterocycles. The number of fused-ring (bicyclic) bond motifs is 3. The molecule has 3 aromatic rings. The molecule has 128 valence electrons. The van der Waals surface area contributed by atoms with Gasteiger partial charge in [0.2, 0.25) is 0 Å². The Morgan fingerprint density at radius 1 is 1.36 bits per heavy atom. The van der Waals surface area contributed by atoms with Crippen LogP contribution in [0.4, 0.5) is 0 Å². The highest BCUT2D eigenvalue weighted by Gasteiger charge is 2.23. The van der Waals surface area contributed by atoms with Gasteiger partial charge in [-0.2, -0.15) is 0 Å². The van der Waals surface area contributed by atoms with Crippen LogP contribution in [0.1, 0.15) is 16.0 Å². The van der Waals surface area contributed by atoms with Crippen molar-refractivity contribution in [3.63, 3.8) is 0 Å². The molecule has 1 aliphatic heterocycles. The molecule has 0 bridgehead atoms. The highest BCUT2D eigenvalue weighted by molar-refractivity contribution is 7.99. The lowest BCUT2D eigenvalue weighted by molar-refractivity contribution is 0.249. The third-order valence-corrected chi connectivity index (χ3v) is 6.33. The van der Waals surface area contributed by atoms with Crippen LogP contribution in [-0.4, -0.2) is 27.2 Å². The molecule has 3 heterocycles. The molecule has 0 atom stereocenters. The molecule has 0 amide bonds. The van der Waals surface area contributed by atoms with E-state index in [2.05, 4.69) is 45.7 Å². The molecule has 4 nitrogen and oxygen atoms in total. The summed E-state index contributed by atoms with van der Waals surface area (Å²) >= 11 is 3.17. The number of H-pyrrole nitrogens is 1. The lowest BCUT2D eigenvalue weighted by Gasteiger charge is -2.26. The maximum Gasteiger partial charge on any atom is 0.260 e. The lowest BCUT2D eigenvalue weighted by atomic mass is 10.0. The molecule has 0 unspecified atom stereocenters. The number of benzene rings is 1. The molecule has 25 heavy (non-hydrogen) atoms. The number of thioether (sulfide) groups is 1. The maximum absolute atomic E-state index is 12.5. The normalized spacial score (nSPS) is 14.6. The minimum atomic E-state index is -0.00873. The summed E-state index contributed by atoms with van der Waals surface area (Å²) in [6.45, 7) is 6.52. The van der Waals surface area contributed by atoms with Gasteiger partial charge in [-0.1, -0.05) is 48.2 Å². The first-order valence-corrected chi connectivity index (χ1v) is 10.1. The summed E-state index contributed by atoms with van der Waals surface area (Å²) in [5.41, 5.74) is 2.51. The summed E-state index contributed by atoms with van der Waals surface area (Å²) in [4.78, 5) is 24.7. The molecule has 1 N–H and O–H groups in total. The molecule has 6 heteroatoms. The first kappa shape index (κ1) is 16.6. The van der Waals surface area contributed by atoms with Crippen molar-refractivity contribution >= 4 is 33.3 Å². The van der Waals surface area contributed by atoms with E-state index in [1.54, 1.807) is 11.3 Å². The number of thiophene rings is 1. The van der Waals surface area contributed by atoms with E-state index in [0.29, 0.717) is 5.16 Å². The zero-order valence-corrected chi connectivity index (χ0v) is 15.5. The Hall–Kier alpha value is -1.89. The number of hydrogen-bond acceptors (Lipinski definition) is 5. The molecule has 0 fully saturated rings. The average Bonchev–Trinajstić information content (AvgIpc) is 2.98. The predicted molar refractivity (Wildman–Crippen MR) is 105 cm³/mol. The molecule has 0 spiro atoms. The zero-order valence-electron chi connectivity index (χ0n) is 13.8. The molecular formula is C19H19N3OS2. The standard InChI is InChI=1S/C19H19N3OS2/c1-2-10-24-19-20-17(23)16-14-8-9-22(11-13-6-4-3-5-7-13)12-15(14)25-18(16)21-19/h2-7H,1,8-12H2,(H,20,21,23). The van der Waals surface area contributed by atoms with Gasteiger partial charge in [-0.25, -0.2) is 4.98 Å². The van der Waals surface area contributed by atoms with Crippen LogP contribution in [0.15, 0.2) is 52.9 Å². The van der Waals surface area contributed by atoms with Crippen molar-refractivity contribution in [3.05, 3.63) is 69.3 Å². The third kappa shape index (κ3) is 3.42. The zero-order chi connectivity index (χ0) is 17.2. The van der Waals surface area contributed by atoms with Gasteiger partial charge in [-0.15, -0.1) is 17.9 Å². The van der Waals surface area contributed by atoms with E-state index in [9.17, 15) is 4.79 Å². The lowest BCUT2D eigenvalue weighted by Crippen LogP contribution is -2.29. The highest BCUT2D eigenvalue weighted by atomic mass is 32.2. The maximum atomic E-state index is 12.5. The Morgan fingerprint density at radius 2 is 2.20 bits per heavy atom. The van der Waals surface area contributed by atoms with E-state index in [4.69, 9.17) is 0 Å². The fourth-order valence-electron chi connectivity index (χ4n) is 3.22. The van der Waals surface area contributed by atoms with Crippen LogP contribution in [0.5, 0.6) is 0 Å². The molecule has 0 radical (unpaired) electrons. The van der Waals surface area contributed by atoms with Crippen LogP contribution in [-0.2, 0) is 19.5 Å². The number of aromatic amines is 1. The van der Waals surface area contributed by atoms with Gasteiger partial charge in [0.1, 0.15) is 4.83 Å². The van der Waals surface area contributed by atoms with Crippen molar-refractivity contribution in [2.45, 2.75) is 24.7 Å². The number of aromatic nitrogens is 2. The van der Waals surface area contributed by atoms with Crippen LogP contribution >= 0.6 is 23.1 Å². The fourth-order valence-corrected chi connectivity index (χ4v) is 5.13. The third-order valence-electron chi connectivity index (χ3n) is 4.35. The highest BCUT2D eigenvalue weighted by Crippen LogP contribution is 2.33. The first-order chi connectivity index (χ1) is 12.2. The van der Waals surface area contributed by atoms with Crippen LogP contribution in [0.3, 0.4) is 0 Å². The van der Waals surface area contributed by atoms with Gasteiger partial charge in [0.15, 0.2) is 5.16 Å². The summed E-state index contributed by atoms with van der Waals surface area (Å²) in [5.74, 6) is 0.740. The first-order valence-electron chi connectivity index (χ1n) is 8.29. The van der Waals surface area contributed by atoms with Crippen molar-refractivity contribution in [2.75, 3.05) is 12.3 Å². The molecule has 4 rings (SSSR count). The van der Waals surface area contributed by atoms with E-state index in [-0.39, 0.29) is 5.56 Å². The quantitative estimate of drug-likeness (QED) is 0.422. The van der Waals surface area contributed by atoms with E-state index >= 15 is 0 Å². The Balaban J connectivity index is 1.62. The van der Waals surface area contributed by atoms with Gasteiger partial charge in [0.05, 0.1) is 5.39 Å². The fraction of sp³-hybridized carbons (Fsp3) is 0.263. The molecule has 0 saturated heterocycles. The number of hydrogen-bond donors (Lipinski definition) is 1. The Bertz CT molecular complexity index is 962. The molecule has 0 aliphatic carbocycles. The van der Waals surface area contributed by atoms with Gasteiger partial charge in [0.25, 0.3) is 5.56 Å². The van der Waals surface area contributed by atoms with Gasteiger partial charge in [-0.05, 0) is 17.5 Å². The van der Waals surface area contributed by atoms with Crippen molar-refractivity contribution in [2.24, 2.45) is 0 Å². The number of nitrogens with zero attached hydrogens (tertiary/aromatic N) is 2. The van der Waals surface area contributed by atoms with Crippen LogP contribution in [0, 0.1) is 0 Å². The second-order valence-electron chi connectivity index (χ2n) is 6.10. The monoisotopic (exact) mass is 369 g/mol. The van der Waals surface area contributed by atoms with Crippen molar-refractivity contribution in [1.29, 1.82) is 0 Å².